The summed E-state index contributed by atoms with van der Waals surface area (Å²) in [6.07, 6.45) is 8.33. The van der Waals surface area contributed by atoms with Crippen molar-refractivity contribution < 1.29 is 14.3 Å². The lowest BCUT2D eigenvalue weighted by molar-refractivity contribution is -0.154. The Hall–Kier alpha value is -0.280. The molecule has 4 heteroatoms. The molecule has 0 spiro atoms. The van der Waals surface area contributed by atoms with Gasteiger partial charge in [-0.05, 0) is 25.7 Å². The fraction of sp³-hybridized carbons (Fsp3) is 0.923. The number of rotatable bonds is 9. The number of carbonyl (C=O) groups is 1. The van der Waals surface area contributed by atoms with Gasteiger partial charge in [0.05, 0.1) is 6.61 Å². The van der Waals surface area contributed by atoms with Gasteiger partial charge in [-0.15, -0.1) is 11.6 Å². The number of alkyl halides is 1. The van der Waals surface area contributed by atoms with Crippen LogP contribution in [0.2, 0.25) is 0 Å². The second kappa shape index (κ2) is 9.72. The third-order valence-corrected chi connectivity index (χ3v) is 3.23. The molecule has 0 saturated carbocycles. The minimum absolute atomic E-state index is 0.176. The lowest BCUT2D eigenvalue weighted by atomic mass is 10.1. The molecule has 0 aromatic rings. The van der Waals surface area contributed by atoms with Crippen LogP contribution in [0.4, 0.5) is 0 Å². The number of ether oxygens (including phenoxy) is 2. The molecule has 1 aliphatic heterocycles. The lowest BCUT2D eigenvalue weighted by Gasteiger charge is -2.09. The fourth-order valence-electron chi connectivity index (χ4n) is 1.93. The molecule has 1 fully saturated rings. The smallest absolute Gasteiger partial charge is 0.335 e. The van der Waals surface area contributed by atoms with E-state index in [1.54, 1.807) is 0 Å². The van der Waals surface area contributed by atoms with Gasteiger partial charge in [-0.25, -0.2) is 4.79 Å². The molecule has 17 heavy (non-hydrogen) atoms. The van der Waals surface area contributed by atoms with Gasteiger partial charge in [0.1, 0.15) is 0 Å². The Morgan fingerprint density at radius 2 is 1.88 bits per heavy atom. The molecule has 0 N–H and O–H groups in total. The fourth-order valence-corrected chi connectivity index (χ4v) is 2.12. The van der Waals surface area contributed by atoms with E-state index in [1.165, 1.54) is 19.3 Å². The van der Waals surface area contributed by atoms with Crippen LogP contribution in [-0.4, -0.2) is 31.2 Å². The van der Waals surface area contributed by atoms with Crippen LogP contribution in [0.5, 0.6) is 0 Å². The van der Waals surface area contributed by atoms with Gasteiger partial charge in [-0.3, -0.25) is 0 Å². The third-order valence-electron chi connectivity index (χ3n) is 2.96. The Bertz CT molecular complexity index is 203. The molecule has 0 radical (unpaired) electrons. The molecule has 1 rings (SSSR count). The van der Waals surface area contributed by atoms with Crippen molar-refractivity contribution in [3.8, 4) is 0 Å². The highest BCUT2D eigenvalue weighted by Crippen LogP contribution is 2.13. The normalized spacial score (nSPS) is 19.5. The highest BCUT2D eigenvalue weighted by Gasteiger charge is 2.24. The van der Waals surface area contributed by atoms with Crippen LogP contribution >= 0.6 is 11.6 Å². The summed E-state index contributed by atoms with van der Waals surface area (Å²) in [5, 5.41) is 0. The number of hydrogen-bond acceptors (Lipinski definition) is 3. The Morgan fingerprint density at radius 1 is 1.18 bits per heavy atom. The molecular formula is C13H23ClO3. The van der Waals surface area contributed by atoms with Crippen molar-refractivity contribution in [3.05, 3.63) is 0 Å². The molecule has 1 aliphatic rings. The van der Waals surface area contributed by atoms with E-state index in [-0.39, 0.29) is 12.1 Å². The third kappa shape index (κ3) is 6.89. The Balaban J connectivity index is 1.85. The molecule has 0 aromatic carbocycles. The summed E-state index contributed by atoms with van der Waals surface area (Å²) in [6.45, 7) is 1.23. The molecule has 3 nitrogen and oxygen atoms in total. The number of unbranched alkanes of at least 4 members (excludes halogenated alkanes) is 5. The van der Waals surface area contributed by atoms with Gasteiger partial charge in [-0.2, -0.15) is 0 Å². The van der Waals surface area contributed by atoms with Crippen molar-refractivity contribution in [3.63, 3.8) is 0 Å². The van der Waals surface area contributed by atoms with Crippen LogP contribution in [0.1, 0.15) is 51.4 Å². The largest absolute Gasteiger partial charge is 0.464 e. The van der Waals surface area contributed by atoms with Gasteiger partial charge in [0.2, 0.25) is 0 Å². The van der Waals surface area contributed by atoms with Crippen molar-refractivity contribution in [2.45, 2.75) is 57.5 Å². The van der Waals surface area contributed by atoms with Crippen LogP contribution in [0, 0.1) is 0 Å². The Labute approximate surface area is 109 Å². The first-order valence-electron chi connectivity index (χ1n) is 6.69. The molecule has 0 aliphatic carbocycles. The highest BCUT2D eigenvalue weighted by atomic mass is 35.5. The monoisotopic (exact) mass is 262 g/mol. The number of hydrogen-bond donors (Lipinski definition) is 0. The first kappa shape index (κ1) is 14.8. The molecule has 1 unspecified atom stereocenters. The van der Waals surface area contributed by atoms with Gasteiger partial charge < -0.3 is 9.47 Å². The Morgan fingerprint density at radius 3 is 2.53 bits per heavy atom. The van der Waals surface area contributed by atoms with Gasteiger partial charge in [0, 0.05) is 12.5 Å². The zero-order valence-corrected chi connectivity index (χ0v) is 11.2. The van der Waals surface area contributed by atoms with Crippen LogP contribution in [0.15, 0.2) is 0 Å². The maximum atomic E-state index is 11.5. The molecule has 1 heterocycles. The average molecular weight is 263 g/mol. The van der Waals surface area contributed by atoms with E-state index in [0.29, 0.717) is 13.2 Å². The maximum absolute atomic E-state index is 11.5. The van der Waals surface area contributed by atoms with E-state index >= 15 is 0 Å². The number of esters is 1. The molecule has 0 aromatic heterocycles. The molecule has 0 amide bonds. The summed E-state index contributed by atoms with van der Waals surface area (Å²) in [5.74, 6) is 0.587. The van der Waals surface area contributed by atoms with Gasteiger partial charge in [0.25, 0.3) is 0 Å². The molecular weight excluding hydrogens is 240 g/mol. The molecule has 100 valence electrons. The van der Waals surface area contributed by atoms with Gasteiger partial charge >= 0.3 is 5.97 Å². The first-order chi connectivity index (χ1) is 8.34. The predicted molar refractivity (Wildman–Crippen MR) is 68.4 cm³/mol. The van der Waals surface area contributed by atoms with Crippen LogP contribution < -0.4 is 0 Å². The van der Waals surface area contributed by atoms with Gasteiger partial charge in [-0.1, -0.05) is 25.7 Å². The lowest BCUT2D eigenvalue weighted by Crippen LogP contribution is -2.22. The van der Waals surface area contributed by atoms with E-state index in [1.807, 2.05) is 0 Å². The van der Waals surface area contributed by atoms with Crippen molar-refractivity contribution in [1.29, 1.82) is 0 Å². The SMILES string of the molecule is O=C(OCCCCCCCCCl)C1CCCO1. The maximum Gasteiger partial charge on any atom is 0.335 e. The summed E-state index contributed by atoms with van der Waals surface area (Å²) < 4.78 is 10.4. The quantitative estimate of drug-likeness (QED) is 0.363. The second-order valence-electron chi connectivity index (χ2n) is 4.48. The molecule has 1 saturated heterocycles. The topological polar surface area (TPSA) is 35.5 Å². The predicted octanol–water partition coefficient (Wildman–Crippen LogP) is 3.29. The summed E-state index contributed by atoms with van der Waals surface area (Å²) in [7, 11) is 0. The summed E-state index contributed by atoms with van der Waals surface area (Å²) >= 11 is 5.59. The van der Waals surface area contributed by atoms with Crippen LogP contribution in [0.3, 0.4) is 0 Å². The number of carbonyl (C=O) groups excluding carboxylic acids is 1. The average Bonchev–Trinajstić information content (AvgIpc) is 2.86. The van der Waals surface area contributed by atoms with Crippen LogP contribution in [-0.2, 0) is 14.3 Å². The summed E-state index contributed by atoms with van der Waals surface area (Å²) in [6, 6.07) is 0. The van der Waals surface area contributed by atoms with E-state index in [9.17, 15) is 4.79 Å². The van der Waals surface area contributed by atoms with Crippen LogP contribution in [0.25, 0.3) is 0 Å². The van der Waals surface area contributed by atoms with Crippen molar-refractivity contribution in [2.75, 3.05) is 19.1 Å². The summed E-state index contributed by atoms with van der Waals surface area (Å²) in [5.41, 5.74) is 0. The zero-order valence-electron chi connectivity index (χ0n) is 10.5. The second-order valence-corrected chi connectivity index (χ2v) is 4.86. The standard InChI is InChI=1S/C13H23ClO3/c14-9-5-3-1-2-4-6-10-17-13(15)12-8-7-11-16-12/h12H,1-11H2. The van der Waals surface area contributed by atoms with E-state index in [4.69, 9.17) is 21.1 Å². The van der Waals surface area contributed by atoms with Crippen molar-refractivity contribution >= 4 is 17.6 Å². The van der Waals surface area contributed by atoms with E-state index < -0.39 is 0 Å². The van der Waals surface area contributed by atoms with Crippen molar-refractivity contribution in [1.82, 2.24) is 0 Å². The molecule has 1 atom stereocenters. The minimum Gasteiger partial charge on any atom is -0.464 e. The zero-order chi connectivity index (χ0) is 12.3. The van der Waals surface area contributed by atoms with Gasteiger partial charge in [0.15, 0.2) is 6.10 Å². The van der Waals surface area contributed by atoms with E-state index in [0.717, 1.165) is 38.0 Å². The minimum atomic E-state index is -0.293. The Kier molecular flexibility index (Phi) is 8.45. The summed E-state index contributed by atoms with van der Waals surface area (Å²) in [4.78, 5) is 11.5. The first-order valence-corrected chi connectivity index (χ1v) is 7.22. The van der Waals surface area contributed by atoms with Crippen molar-refractivity contribution in [2.24, 2.45) is 0 Å². The van der Waals surface area contributed by atoms with E-state index in [2.05, 4.69) is 0 Å². The number of halogens is 1. The molecule has 0 bridgehead atoms. The highest BCUT2D eigenvalue weighted by molar-refractivity contribution is 6.17.